The van der Waals surface area contributed by atoms with Crippen LogP contribution >= 0.6 is 0 Å². The molecular weight excluding hydrogens is 328 g/mol. The smallest absolute Gasteiger partial charge is 0.316 e. The lowest BCUT2D eigenvalue weighted by Gasteiger charge is -2.26. The summed E-state index contributed by atoms with van der Waals surface area (Å²) < 4.78 is 2.33. The Kier molecular flexibility index (Phi) is 5.30. The second-order valence-electron chi connectivity index (χ2n) is 6.97. The van der Waals surface area contributed by atoms with Crippen LogP contribution in [0.5, 0.6) is 0 Å². The monoisotopic (exact) mass is 354 g/mol. The maximum atomic E-state index is 12.7. The largest absolute Gasteiger partial charge is 0.351 e. The molecule has 0 aliphatic heterocycles. The van der Waals surface area contributed by atoms with E-state index in [2.05, 4.69) is 22.1 Å². The summed E-state index contributed by atoms with van der Waals surface area (Å²) in [5.41, 5.74) is 9.24. The fourth-order valence-corrected chi connectivity index (χ4v) is 3.89. The quantitative estimate of drug-likeness (QED) is 0.762. The lowest BCUT2D eigenvalue weighted by molar-refractivity contribution is 0.102. The Balaban J connectivity index is 1.74. The number of primary amides is 1. The lowest BCUT2D eigenvalue weighted by Crippen LogP contribution is -2.19. The van der Waals surface area contributed by atoms with Gasteiger partial charge in [0.15, 0.2) is 0 Å². The van der Waals surface area contributed by atoms with Gasteiger partial charge in [-0.25, -0.2) is 4.79 Å². The van der Waals surface area contributed by atoms with Gasteiger partial charge in [0.1, 0.15) is 0 Å². The predicted molar refractivity (Wildman–Crippen MR) is 104 cm³/mol. The first-order chi connectivity index (χ1) is 12.5. The minimum atomic E-state index is -0.614. The second-order valence-corrected chi connectivity index (χ2v) is 6.97. The number of amides is 3. The molecule has 4 N–H and O–H groups in total. The van der Waals surface area contributed by atoms with Gasteiger partial charge in [-0.15, -0.1) is 0 Å². The fourth-order valence-electron chi connectivity index (χ4n) is 3.89. The number of nitrogens with zero attached hydrogens (tertiary/aromatic N) is 1. The van der Waals surface area contributed by atoms with E-state index in [0.29, 0.717) is 23.0 Å². The molecule has 26 heavy (non-hydrogen) atoms. The number of rotatable bonds is 4. The summed E-state index contributed by atoms with van der Waals surface area (Å²) in [6.45, 7) is 4.10. The molecule has 3 rings (SSSR count). The molecule has 0 unspecified atom stereocenters. The Bertz CT molecular complexity index is 802. The Labute approximate surface area is 153 Å². The van der Waals surface area contributed by atoms with Crippen LogP contribution in [0.4, 0.5) is 16.2 Å². The van der Waals surface area contributed by atoms with Crippen molar-refractivity contribution in [2.75, 3.05) is 10.6 Å². The van der Waals surface area contributed by atoms with E-state index in [4.69, 9.17) is 5.73 Å². The van der Waals surface area contributed by atoms with E-state index < -0.39 is 6.03 Å². The zero-order valence-corrected chi connectivity index (χ0v) is 15.3. The molecule has 2 aromatic rings. The van der Waals surface area contributed by atoms with Gasteiger partial charge in [-0.2, -0.15) is 0 Å². The van der Waals surface area contributed by atoms with Crippen LogP contribution in [0.2, 0.25) is 0 Å². The second kappa shape index (κ2) is 7.64. The van der Waals surface area contributed by atoms with Crippen LogP contribution in [0.3, 0.4) is 0 Å². The summed E-state index contributed by atoms with van der Waals surface area (Å²) in [7, 11) is 0. The molecule has 1 aromatic heterocycles. The average molecular weight is 354 g/mol. The van der Waals surface area contributed by atoms with Crippen LogP contribution in [0.25, 0.3) is 0 Å². The van der Waals surface area contributed by atoms with E-state index in [1.54, 1.807) is 24.3 Å². The summed E-state index contributed by atoms with van der Waals surface area (Å²) in [4.78, 5) is 23.6. The number of carbonyl (C=O) groups excluding carboxylic acids is 2. The number of hydrogen-bond acceptors (Lipinski definition) is 2. The summed E-state index contributed by atoms with van der Waals surface area (Å²) >= 11 is 0. The van der Waals surface area contributed by atoms with Gasteiger partial charge in [-0.3, -0.25) is 4.79 Å². The number of benzene rings is 1. The van der Waals surface area contributed by atoms with Gasteiger partial charge >= 0.3 is 6.03 Å². The Morgan fingerprint density at radius 2 is 1.58 bits per heavy atom. The summed E-state index contributed by atoms with van der Waals surface area (Å²) in [6, 6.07) is 8.74. The Hall–Kier alpha value is -2.76. The van der Waals surface area contributed by atoms with Gasteiger partial charge in [0.2, 0.25) is 0 Å². The zero-order valence-electron chi connectivity index (χ0n) is 15.3. The molecule has 0 bridgehead atoms. The molecule has 3 amide bonds. The van der Waals surface area contributed by atoms with Gasteiger partial charge in [-0.1, -0.05) is 19.3 Å². The van der Waals surface area contributed by atoms with Crippen LogP contribution < -0.4 is 16.4 Å². The Morgan fingerprint density at radius 1 is 1.00 bits per heavy atom. The van der Waals surface area contributed by atoms with E-state index in [0.717, 1.165) is 11.4 Å². The van der Waals surface area contributed by atoms with Crippen molar-refractivity contribution in [2.24, 2.45) is 5.73 Å². The van der Waals surface area contributed by atoms with Crippen molar-refractivity contribution in [2.45, 2.75) is 52.0 Å². The third-order valence-corrected chi connectivity index (χ3v) is 5.08. The zero-order chi connectivity index (χ0) is 18.7. The van der Waals surface area contributed by atoms with Crippen LogP contribution in [-0.2, 0) is 0 Å². The predicted octanol–water partition coefficient (Wildman–Crippen LogP) is 4.35. The highest BCUT2D eigenvalue weighted by atomic mass is 16.2. The summed E-state index contributed by atoms with van der Waals surface area (Å²) in [5.74, 6) is -0.115. The first-order valence-corrected chi connectivity index (χ1v) is 9.12. The van der Waals surface area contributed by atoms with Gasteiger partial charge in [-0.05, 0) is 57.0 Å². The molecule has 1 aliphatic rings. The van der Waals surface area contributed by atoms with Crippen molar-refractivity contribution in [3.63, 3.8) is 0 Å². The topological polar surface area (TPSA) is 89.2 Å². The molecule has 0 spiro atoms. The number of aromatic nitrogens is 1. The van der Waals surface area contributed by atoms with Gasteiger partial charge in [0, 0.05) is 28.8 Å². The van der Waals surface area contributed by atoms with E-state index in [1.807, 2.05) is 13.0 Å². The SMILES string of the molecule is Cc1cc(C(=O)Nc2ccc(NC(N)=O)cc2)c(C)n1C1CCCCC1. The highest BCUT2D eigenvalue weighted by Gasteiger charge is 2.22. The number of anilines is 2. The van der Waals surface area contributed by atoms with Crippen molar-refractivity contribution in [3.8, 4) is 0 Å². The van der Waals surface area contributed by atoms with Crippen LogP contribution in [0, 0.1) is 13.8 Å². The third kappa shape index (κ3) is 3.90. The van der Waals surface area contributed by atoms with E-state index in [9.17, 15) is 9.59 Å². The lowest BCUT2D eigenvalue weighted by atomic mass is 9.95. The van der Waals surface area contributed by atoms with Crippen LogP contribution in [-0.4, -0.2) is 16.5 Å². The molecule has 6 heteroatoms. The minimum Gasteiger partial charge on any atom is -0.351 e. The molecule has 0 radical (unpaired) electrons. The van der Waals surface area contributed by atoms with E-state index in [-0.39, 0.29) is 5.91 Å². The highest BCUT2D eigenvalue weighted by molar-refractivity contribution is 6.05. The van der Waals surface area contributed by atoms with Gasteiger partial charge in [0.05, 0.1) is 5.56 Å². The molecule has 0 saturated heterocycles. The fraction of sp³-hybridized carbons (Fsp3) is 0.400. The molecule has 6 nitrogen and oxygen atoms in total. The van der Waals surface area contributed by atoms with Gasteiger partial charge in [0.25, 0.3) is 5.91 Å². The number of nitrogens with one attached hydrogen (secondary N) is 2. The normalized spacial score (nSPS) is 14.8. The first-order valence-electron chi connectivity index (χ1n) is 9.12. The van der Waals surface area contributed by atoms with Crippen molar-refractivity contribution < 1.29 is 9.59 Å². The first kappa shape index (κ1) is 18.0. The number of hydrogen-bond donors (Lipinski definition) is 3. The minimum absolute atomic E-state index is 0.115. The van der Waals surface area contributed by atoms with E-state index >= 15 is 0 Å². The van der Waals surface area contributed by atoms with Crippen molar-refractivity contribution in [1.82, 2.24) is 4.57 Å². The number of aryl methyl sites for hydroxylation is 1. The Morgan fingerprint density at radius 3 is 2.15 bits per heavy atom. The van der Waals surface area contributed by atoms with Crippen molar-refractivity contribution >= 4 is 23.3 Å². The molecule has 1 saturated carbocycles. The average Bonchev–Trinajstić information content (AvgIpc) is 2.91. The van der Waals surface area contributed by atoms with Gasteiger partial charge < -0.3 is 20.9 Å². The van der Waals surface area contributed by atoms with Crippen molar-refractivity contribution in [3.05, 3.63) is 47.3 Å². The molecule has 0 atom stereocenters. The molecule has 1 aromatic carbocycles. The van der Waals surface area contributed by atoms with Crippen molar-refractivity contribution in [1.29, 1.82) is 0 Å². The number of nitrogens with two attached hydrogens (primary N) is 1. The summed E-state index contributed by atoms with van der Waals surface area (Å²) in [6.07, 6.45) is 6.20. The number of urea groups is 1. The number of carbonyl (C=O) groups is 2. The molecule has 1 aliphatic carbocycles. The standard InChI is InChI=1S/C20H26N4O2/c1-13-12-18(14(2)24(13)17-6-4-3-5-7-17)19(25)22-15-8-10-16(11-9-15)23-20(21)26/h8-12,17H,3-7H2,1-2H3,(H,22,25)(H3,21,23,26). The van der Waals surface area contributed by atoms with Crippen LogP contribution in [0.1, 0.15) is 59.9 Å². The van der Waals surface area contributed by atoms with E-state index in [1.165, 1.54) is 32.1 Å². The van der Waals surface area contributed by atoms with Crippen LogP contribution in [0.15, 0.2) is 30.3 Å². The molecule has 1 heterocycles. The summed E-state index contributed by atoms with van der Waals surface area (Å²) in [5, 5.41) is 5.42. The molecule has 1 fully saturated rings. The third-order valence-electron chi connectivity index (χ3n) is 5.08. The molecular formula is C20H26N4O2. The maximum absolute atomic E-state index is 12.7. The highest BCUT2D eigenvalue weighted by Crippen LogP contribution is 2.32. The molecule has 138 valence electrons. The maximum Gasteiger partial charge on any atom is 0.316 e.